The Bertz CT molecular complexity index is 1440. The molecule has 6 nitrogen and oxygen atoms in total. The largest absolute Gasteiger partial charge is 0.507 e. The van der Waals surface area contributed by atoms with Gasteiger partial charge in [-0.2, -0.15) is 0 Å². The molecule has 1 aromatic carbocycles. The number of likely N-dealkylation sites (tertiary alicyclic amines) is 1. The van der Waals surface area contributed by atoms with E-state index in [1.54, 1.807) is 26.0 Å². The second-order valence-corrected chi connectivity index (χ2v) is 11.1. The van der Waals surface area contributed by atoms with Gasteiger partial charge >= 0.3 is 0 Å². The van der Waals surface area contributed by atoms with Gasteiger partial charge in [-0.05, 0) is 55.7 Å². The molecule has 6 rings (SSSR count). The van der Waals surface area contributed by atoms with Gasteiger partial charge in [0.1, 0.15) is 5.75 Å². The number of aryl methyl sites for hydroxylation is 1. The Morgan fingerprint density at radius 1 is 1.03 bits per heavy atom. The van der Waals surface area contributed by atoms with E-state index >= 15 is 0 Å². The molecule has 2 heterocycles. The number of allylic oxidation sites excluding steroid dienone is 6. The number of carbonyl (C=O) groups is 4. The fraction of sp³-hybridized carbons (Fsp3) is 0.310. The highest BCUT2D eigenvalue weighted by Crippen LogP contribution is 2.56. The molecule has 0 bridgehead atoms. The number of thiophene rings is 1. The molecule has 1 N–H and O–H groups in total. The first-order valence-corrected chi connectivity index (χ1v) is 13.0. The molecule has 0 radical (unpaired) electrons. The fourth-order valence-corrected chi connectivity index (χ4v) is 7.12. The molecule has 0 saturated carbocycles. The standard InChI is InChI=1S/C29H25NO5S/c1-14-5-3-7-18(26(14)32)23-17-8-9-19-24(29(35)30(28(19)34)13-16-6-4-10-36-16)20(17)12-21-25(23)22(31)11-15(2)27(21)33/h3-8,10-11,19-20,23-24,32H,9,12-13H2,1-2H3/t19-,20+,23+,24-/m0/s1. The number of Topliss-reactive ketones (excluding diaryl/α,β-unsaturated/α-hetero) is 1. The predicted molar refractivity (Wildman–Crippen MR) is 134 cm³/mol. The van der Waals surface area contributed by atoms with Gasteiger partial charge in [0.2, 0.25) is 11.8 Å². The van der Waals surface area contributed by atoms with Gasteiger partial charge in [-0.3, -0.25) is 24.1 Å². The van der Waals surface area contributed by atoms with Crippen molar-refractivity contribution in [3.8, 4) is 5.75 Å². The number of para-hydroxylation sites is 1. The first-order valence-electron chi connectivity index (χ1n) is 12.1. The smallest absolute Gasteiger partial charge is 0.234 e. The van der Waals surface area contributed by atoms with Gasteiger partial charge in [-0.15, -0.1) is 11.3 Å². The van der Waals surface area contributed by atoms with Crippen LogP contribution in [0.1, 0.15) is 41.7 Å². The summed E-state index contributed by atoms with van der Waals surface area (Å²) in [5.74, 6) is -2.83. The van der Waals surface area contributed by atoms with Crippen LogP contribution in [-0.2, 0) is 25.7 Å². The maximum atomic E-state index is 13.7. The molecule has 2 amide bonds. The van der Waals surface area contributed by atoms with Gasteiger partial charge in [0.15, 0.2) is 11.6 Å². The molecule has 1 saturated heterocycles. The Balaban J connectivity index is 1.48. The summed E-state index contributed by atoms with van der Waals surface area (Å²) in [6.07, 6.45) is 3.99. The van der Waals surface area contributed by atoms with E-state index in [9.17, 15) is 24.3 Å². The van der Waals surface area contributed by atoms with Crippen LogP contribution in [0.4, 0.5) is 0 Å². The molecule has 1 aromatic heterocycles. The molecule has 0 spiro atoms. The number of rotatable bonds is 3. The number of nitrogens with zero attached hydrogens (tertiary/aromatic N) is 1. The van der Waals surface area contributed by atoms with E-state index in [0.29, 0.717) is 34.3 Å². The van der Waals surface area contributed by atoms with Gasteiger partial charge < -0.3 is 5.11 Å². The number of imide groups is 1. The van der Waals surface area contributed by atoms with Gasteiger partial charge in [-0.25, -0.2) is 0 Å². The summed E-state index contributed by atoms with van der Waals surface area (Å²) in [5, 5.41) is 12.9. The number of phenolic OH excluding ortho intramolecular Hbond substituents is 1. The van der Waals surface area contributed by atoms with E-state index in [2.05, 4.69) is 0 Å². The Kier molecular flexibility index (Phi) is 5.23. The summed E-state index contributed by atoms with van der Waals surface area (Å²) in [5.41, 5.74) is 3.24. The molecule has 7 heteroatoms. The Labute approximate surface area is 212 Å². The van der Waals surface area contributed by atoms with Crippen LogP contribution in [0, 0.1) is 24.7 Å². The summed E-state index contributed by atoms with van der Waals surface area (Å²) in [7, 11) is 0. The lowest BCUT2D eigenvalue weighted by Gasteiger charge is -2.42. The third-order valence-corrected chi connectivity index (χ3v) is 8.99. The normalized spacial score (nSPS) is 27.6. The molecule has 3 aliphatic carbocycles. The van der Waals surface area contributed by atoms with Crippen molar-refractivity contribution in [3.05, 3.63) is 86.2 Å². The van der Waals surface area contributed by atoms with Gasteiger partial charge in [0.25, 0.3) is 0 Å². The van der Waals surface area contributed by atoms with Gasteiger partial charge in [-0.1, -0.05) is 35.9 Å². The molecule has 1 aliphatic heterocycles. The van der Waals surface area contributed by atoms with Gasteiger partial charge in [0, 0.05) is 33.1 Å². The van der Waals surface area contributed by atoms with Crippen LogP contribution in [0.3, 0.4) is 0 Å². The van der Waals surface area contributed by atoms with Crippen LogP contribution in [-0.4, -0.2) is 33.4 Å². The second-order valence-electron chi connectivity index (χ2n) is 10.1. The van der Waals surface area contributed by atoms with Crippen molar-refractivity contribution in [2.24, 2.45) is 17.8 Å². The van der Waals surface area contributed by atoms with E-state index in [1.165, 1.54) is 22.3 Å². The third kappa shape index (κ3) is 3.22. The van der Waals surface area contributed by atoms with E-state index in [0.717, 1.165) is 10.5 Å². The quantitative estimate of drug-likeness (QED) is 0.384. The van der Waals surface area contributed by atoms with Crippen molar-refractivity contribution in [1.82, 2.24) is 4.90 Å². The lowest BCUT2D eigenvalue weighted by Crippen LogP contribution is -2.39. The SMILES string of the molecule is CC1=CC(=O)C2=C(C[C@@H]3C(=CC[C@@H]4C(=O)N(Cc5cccs5)C(=O)[C@@H]43)[C@@H]2c2cccc(C)c2O)C1=O. The summed E-state index contributed by atoms with van der Waals surface area (Å²) in [4.78, 5) is 56.0. The zero-order chi connectivity index (χ0) is 25.3. The maximum absolute atomic E-state index is 13.7. The predicted octanol–water partition coefficient (Wildman–Crippen LogP) is 4.39. The minimum absolute atomic E-state index is 0.0812. The van der Waals surface area contributed by atoms with Gasteiger partial charge in [0.05, 0.1) is 18.4 Å². The van der Waals surface area contributed by atoms with E-state index in [1.807, 2.05) is 29.7 Å². The minimum Gasteiger partial charge on any atom is -0.507 e. The Morgan fingerprint density at radius 2 is 1.83 bits per heavy atom. The molecule has 36 heavy (non-hydrogen) atoms. The van der Waals surface area contributed by atoms with Crippen molar-refractivity contribution in [1.29, 1.82) is 0 Å². The highest BCUT2D eigenvalue weighted by molar-refractivity contribution is 7.09. The van der Waals surface area contributed by atoms with E-state index in [4.69, 9.17) is 0 Å². The fourth-order valence-electron chi connectivity index (χ4n) is 6.43. The Morgan fingerprint density at radius 3 is 2.58 bits per heavy atom. The van der Waals surface area contributed by atoms with Crippen molar-refractivity contribution in [2.45, 2.75) is 39.2 Å². The van der Waals surface area contributed by atoms with E-state index in [-0.39, 0.29) is 48.0 Å². The molecule has 1 fully saturated rings. The van der Waals surface area contributed by atoms with Crippen molar-refractivity contribution in [3.63, 3.8) is 0 Å². The van der Waals surface area contributed by atoms with Crippen molar-refractivity contribution >= 4 is 34.7 Å². The lowest BCUT2D eigenvalue weighted by atomic mass is 9.59. The second kappa shape index (κ2) is 8.23. The molecule has 2 aromatic rings. The molecule has 0 unspecified atom stereocenters. The van der Waals surface area contributed by atoms with Crippen LogP contribution in [0.5, 0.6) is 5.75 Å². The Hall–Kier alpha value is -3.58. The number of aromatic hydroxyl groups is 1. The zero-order valence-corrected chi connectivity index (χ0v) is 20.8. The third-order valence-electron chi connectivity index (χ3n) is 8.13. The average molecular weight is 500 g/mol. The first-order chi connectivity index (χ1) is 17.3. The lowest BCUT2D eigenvalue weighted by molar-refractivity contribution is -0.140. The van der Waals surface area contributed by atoms with Crippen LogP contribution >= 0.6 is 11.3 Å². The summed E-state index contributed by atoms with van der Waals surface area (Å²) in [6.45, 7) is 3.67. The number of hydrogen-bond donors (Lipinski definition) is 1. The molecular weight excluding hydrogens is 474 g/mol. The number of ketones is 2. The topological polar surface area (TPSA) is 91.8 Å². The number of benzene rings is 1. The number of phenols is 1. The van der Waals surface area contributed by atoms with Crippen LogP contribution in [0.2, 0.25) is 0 Å². The zero-order valence-electron chi connectivity index (χ0n) is 20.0. The molecule has 182 valence electrons. The molecular formula is C29H25NO5S. The van der Waals surface area contributed by atoms with Crippen LogP contribution in [0.25, 0.3) is 0 Å². The van der Waals surface area contributed by atoms with E-state index < -0.39 is 17.8 Å². The number of fused-ring (bicyclic) bond motifs is 3. The number of amides is 2. The number of carbonyl (C=O) groups excluding carboxylic acids is 4. The van der Waals surface area contributed by atoms with Crippen LogP contribution < -0.4 is 0 Å². The van der Waals surface area contributed by atoms with Crippen LogP contribution in [0.15, 0.2) is 70.2 Å². The summed E-state index contributed by atoms with van der Waals surface area (Å²) >= 11 is 1.50. The maximum Gasteiger partial charge on any atom is 0.234 e. The first kappa shape index (κ1) is 22.9. The summed E-state index contributed by atoms with van der Waals surface area (Å²) in [6, 6.07) is 9.20. The monoisotopic (exact) mass is 499 g/mol. The highest BCUT2D eigenvalue weighted by Gasteiger charge is 2.56. The molecule has 4 atom stereocenters. The summed E-state index contributed by atoms with van der Waals surface area (Å²) < 4.78 is 0. The van der Waals surface area contributed by atoms with Crippen molar-refractivity contribution in [2.75, 3.05) is 0 Å². The number of hydrogen-bond acceptors (Lipinski definition) is 6. The highest BCUT2D eigenvalue weighted by atomic mass is 32.1. The minimum atomic E-state index is -0.630. The average Bonchev–Trinajstić information content (AvgIpc) is 3.46. The molecule has 4 aliphatic rings. The van der Waals surface area contributed by atoms with Crippen molar-refractivity contribution < 1.29 is 24.3 Å².